The Morgan fingerprint density at radius 3 is 2.37 bits per heavy atom. The summed E-state index contributed by atoms with van der Waals surface area (Å²) in [7, 11) is 1.27. The Morgan fingerprint density at radius 2 is 1.81 bits per heavy atom. The van der Waals surface area contributed by atoms with Gasteiger partial charge in [-0.25, -0.2) is 18.0 Å². The first-order chi connectivity index (χ1) is 12.8. The number of benzene rings is 2. The van der Waals surface area contributed by atoms with Crippen LogP contribution in [0.2, 0.25) is 0 Å². The molecule has 2 aromatic carbocycles. The van der Waals surface area contributed by atoms with Gasteiger partial charge >= 0.3 is 5.97 Å². The lowest BCUT2D eigenvalue weighted by Crippen LogP contribution is -2.35. The molecule has 3 atom stereocenters. The lowest BCUT2D eigenvalue weighted by atomic mass is 10.0. The van der Waals surface area contributed by atoms with Crippen molar-refractivity contribution in [3.63, 3.8) is 0 Å². The lowest BCUT2D eigenvalue weighted by molar-refractivity contribution is -0.142. The molecule has 1 fully saturated rings. The highest BCUT2D eigenvalue weighted by Crippen LogP contribution is 2.49. The van der Waals surface area contributed by atoms with Crippen molar-refractivity contribution < 1.29 is 32.6 Å². The van der Waals surface area contributed by atoms with Crippen molar-refractivity contribution in [1.82, 2.24) is 5.32 Å². The van der Waals surface area contributed by atoms with Gasteiger partial charge in [0.05, 0.1) is 7.11 Å². The number of amides is 1. The molecule has 27 heavy (non-hydrogen) atoms. The van der Waals surface area contributed by atoms with Crippen molar-refractivity contribution >= 4 is 11.9 Å². The predicted octanol–water partition coefficient (Wildman–Crippen LogP) is 3.16. The normalized spacial score (nSPS) is 19.3. The second-order valence-corrected chi connectivity index (χ2v) is 6.26. The van der Waals surface area contributed by atoms with Crippen LogP contribution < -0.4 is 10.1 Å². The van der Waals surface area contributed by atoms with E-state index in [0.29, 0.717) is 0 Å². The number of nitrogens with one attached hydrogen (secondary N) is 1. The Balaban J connectivity index is 1.76. The molecular formula is C19H16F3NO4. The summed E-state index contributed by atoms with van der Waals surface area (Å²) >= 11 is 0. The van der Waals surface area contributed by atoms with Crippen LogP contribution in [0.1, 0.15) is 29.5 Å². The molecular weight excluding hydrogens is 363 g/mol. The van der Waals surface area contributed by atoms with Gasteiger partial charge in [-0.2, -0.15) is 0 Å². The topological polar surface area (TPSA) is 75.6 Å². The van der Waals surface area contributed by atoms with Crippen LogP contribution >= 0.6 is 0 Å². The van der Waals surface area contributed by atoms with E-state index in [4.69, 9.17) is 4.74 Å². The molecule has 3 unspecified atom stereocenters. The summed E-state index contributed by atoms with van der Waals surface area (Å²) in [6.45, 7) is 0. The van der Waals surface area contributed by atoms with Crippen LogP contribution in [0.15, 0.2) is 36.4 Å². The number of ether oxygens (including phenoxy) is 1. The minimum Gasteiger partial charge on any atom is -0.494 e. The Bertz CT molecular complexity index is 882. The molecule has 3 rings (SSSR count). The molecule has 0 bridgehead atoms. The molecule has 1 amide bonds. The van der Waals surface area contributed by atoms with Gasteiger partial charge in [0.1, 0.15) is 11.6 Å². The fourth-order valence-electron chi connectivity index (χ4n) is 3.07. The van der Waals surface area contributed by atoms with Crippen LogP contribution in [0.5, 0.6) is 5.75 Å². The summed E-state index contributed by atoms with van der Waals surface area (Å²) in [5.74, 6) is -5.78. The van der Waals surface area contributed by atoms with Gasteiger partial charge in [0.15, 0.2) is 17.6 Å². The molecule has 5 nitrogen and oxygen atoms in total. The van der Waals surface area contributed by atoms with Crippen LogP contribution in [0.3, 0.4) is 0 Å². The molecule has 1 saturated carbocycles. The molecule has 0 aliphatic heterocycles. The van der Waals surface area contributed by atoms with Crippen molar-refractivity contribution in [1.29, 1.82) is 0 Å². The first-order valence-electron chi connectivity index (χ1n) is 8.14. The van der Waals surface area contributed by atoms with Gasteiger partial charge in [-0.3, -0.25) is 4.79 Å². The minimum atomic E-state index is -1.50. The average molecular weight is 379 g/mol. The largest absolute Gasteiger partial charge is 0.494 e. The van der Waals surface area contributed by atoms with Gasteiger partial charge in [0.25, 0.3) is 0 Å². The van der Waals surface area contributed by atoms with E-state index in [0.717, 1.165) is 18.2 Å². The van der Waals surface area contributed by atoms with Crippen LogP contribution in [0.4, 0.5) is 13.2 Å². The zero-order valence-corrected chi connectivity index (χ0v) is 14.2. The van der Waals surface area contributed by atoms with Crippen molar-refractivity contribution in [2.24, 2.45) is 5.92 Å². The number of aliphatic carboxylic acids is 1. The minimum absolute atomic E-state index is 0.0171. The molecule has 2 N–H and O–H groups in total. The second kappa shape index (κ2) is 7.30. The van der Waals surface area contributed by atoms with Gasteiger partial charge in [0, 0.05) is 17.4 Å². The van der Waals surface area contributed by atoms with Gasteiger partial charge < -0.3 is 15.2 Å². The summed E-state index contributed by atoms with van der Waals surface area (Å²) in [4.78, 5) is 23.9. The van der Waals surface area contributed by atoms with Gasteiger partial charge in [0.2, 0.25) is 5.91 Å². The van der Waals surface area contributed by atoms with Crippen molar-refractivity contribution in [3.05, 3.63) is 65.0 Å². The maximum absolute atomic E-state index is 13.8. The smallest absolute Gasteiger partial charge is 0.330 e. The SMILES string of the molecule is COc1ccc(C(NC(=O)C2CC2c2c(F)cccc2F)C(=O)O)cc1F. The van der Waals surface area contributed by atoms with Crippen LogP contribution in [0, 0.1) is 23.4 Å². The summed E-state index contributed by atoms with van der Waals surface area (Å²) in [5, 5.41) is 11.7. The summed E-state index contributed by atoms with van der Waals surface area (Å²) < 4.78 is 46.3. The fourth-order valence-corrected chi connectivity index (χ4v) is 3.07. The van der Waals surface area contributed by atoms with E-state index >= 15 is 0 Å². The molecule has 142 valence electrons. The molecule has 0 heterocycles. The Hall–Kier alpha value is -3.03. The number of methoxy groups -OCH3 is 1. The number of carbonyl (C=O) groups excluding carboxylic acids is 1. The highest BCUT2D eigenvalue weighted by atomic mass is 19.1. The zero-order valence-electron chi connectivity index (χ0n) is 14.2. The second-order valence-electron chi connectivity index (χ2n) is 6.26. The molecule has 1 aliphatic rings. The molecule has 0 radical (unpaired) electrons. The lowest BCUT2D eigenvalue weighted by Gasteiger charge is -2.16. The molecule has 0 spiro atoms. The molecule has 8 heteroatoms. The standard InChI is InChI=1S/C19H16F3NO4/c1-27-15-6-5-9(7-14(15)22)17(19(25)26)23-18(24)11-8-10(11)16-12(20)3-2-4-13(16)21/h2-7,10-11,17H,8H2,1H3,(H,23,24)(H,25,26). The van der Waals surface area contributed by atoms with E-state index in [9.17, 15) is 27.9 Å². The Kier molecular flexibility index (Phi) is 5.07. The summed E-state index contributed by atoms with van der Waals surface area (Å²) in [6.07, 6.45) is 0.201. The average Bonchev–Trinajstić information content (AvgIpc) is 3.39. The third-order valence-corrected chi connectivity index (χ3v) is 4.54. The molecule has 1 aliphatic carbocycles. The van der Waals surface area contributed by atoms with E-state index in [1.165, 1.54) is 25.3 Å². The van der Waals surface area contributed by atoms with Crippen LogP contribution in [0.25, 0.3) is 0 Å². The van der Waals surface area contributed by atoms with E-state index in [2.05, 4.69) is 5.32 Å². The number of carboxylic acids is 1. The first kappa shape index (κ1) is 18.8. The Labute approximate surface area is 152 Å². The van der Waals surface area contributed by atoms with Gasteiger partial charge in [-0.1, -0.05) is 12.1 Å². The summed E-state index contributed by atoms with van der Waals surface area (Å²) in [6, 6.07) is 5.47. The van der Waals surface area contributed by atoms with Gasteiger partial charge in [-0.05, 0) is 36.2 Å². The molecule has 0 aromatic heterocycles. The van der Waals surface area contributed by atoms with Crippen molar-refractivity contribution in [3.8, 4) is 5.75 Å². The monoisotopic (exact) mass is 379 g/mol. The molecule has 0 saturated heterocycles. The summed E-state index contributed by atoms with van der Waals surface area (Å²) in [5.41, 5.74) is -0.163. The first-order valence-corrected chi connectivity index (χ1v) is 8.14. The van der Waals surface area contributed by atoms with E-state index in [-0.39, 0.29) is 23.3 Å². The van der Waals surface area contributed by atoms with E-state index < -0.39 is 47.2 Å². The fraction of sp³-hybridized carbons (Fsp3) is 0.263. The number of carboxylic acid groups (broad SMARTS) is 1. The number of halogens is 3. The third kappa shape index (κ3) is 3.74. The highest BCUT2D eigenvalue weighted by Gasteiger charge is 2.47. The van der Waals surface area contributed by atoms with E-state index in [1.54, 1.807) is 0 Å². The highest BCUT2D eigenvalue weighted by molar-refractivity contribution is 5.88. The van der Waals surface area contributed by atoms with Crippen LogP contribution in [-0.2, 0) is 9.59 Å². The maximum atomic E-state index is 13.8. The third-order valence-electron chi connectivity index (χ3n) is 4.54. The maximum Gasteiger partial charge on any atom is 0.330 e. The predicted molar refractivity (Wildman–Crippen MR) is 88.7 cm³/mol. The zero-order chi connectivity index (χ0) is 19.7. The number of hydrogen-bond acceptors (Lipinski definition) is 3. The van der Waals surface area contributed by atoms with Crippen molar-refractivity contribution in [2.75, 3.05) is 7.11 Å². The van der Waals surface area contributed by atoms with Crippen molar-refractivity contribution in [2.45, 2.75) is 18.4 Å². The van der Waals surface area contributed by atoms with Crippen LogP contribution in [-0.4, -0.2) is 24.1 Å². The van der Waals surface area contributed by atoms with E-state index in [1.807, 2.05) is 0 Å². The number of carbonyl (C=O) groups is 2. The van der Waals surface area contributed by atoms with Gasteiger partial charge in [-0.15, -0.1) is 0 Å². The number of hydrogen-bond donors (Lipinski definition) is 2. The number of rotatable bonds is 6. The quantitative estimate of drug-likeness (QED) is 0.809. The molecule has 2 aromatic rings. The Morgan fingerprint density at radius 1 is 1.15 bits per heavy atom.